The number of hydrogen-bond donors (Lipinski definition) is 2. The van der Waals surface area contributed by atoms with Crippen LogP contribution < -0.4 is 11.1 Å². The standard InChI is InChI=1S/C15H32N4O/c1-15(2,3)17-14(20)13-19-10-6-9-18(11-12-19)8-5-4-7-16/h4-13,16H2,1-3H3,(H,17,20). The molecule has 0 aromatic heterocycles. The largest absolute Gasteiger partial charge is 0.350 e. The van der Waals surface area contributed by atoms with Crippen LogP contribution in [0.5, 0.6) is 0 Å². The number of carbonyl (C=O) groups is 1. The van der Waals surface area contributed by atoms with Crippen LogP contribution in [-0.2, 0) is 4.79 Å². The van der Waals surface area contributed by atoms with Gasteiger partial charge in [0, 0.05) is 18.6 Å². The molecule has 0 radical (unpaired) electrons. The second-order valence-electron chi connectivity index (χ2n) is 6.77. The van der Waals surface area contributed by atoms with Crippen LogP contribution in [0.15, 0.2) is 0 Å². The summed E-state index contributed by atoms with van der Waals surface area (Å²) in [6, 6.07) is 0. The van der Waals surface area contributed by atoms with E-state index in [0.717, 1.165) is 52.1 Å². The third-order valence-corrected chi connectivity index (χ3v) is 3.49. The molecule has 5 nitrogen and oxygen atoms in total. The highest BCUT2D eigenvalue weighted by molar-refractivity contribution is 5.78. The van der Waals surface area contributed by atoms with E-state index in [1.165, 1.54) is 6.42 Å². The van der Waals surface area contributed by atoms with Crippen molar-refractivity contribution in [1.29, 1.82) is 0 Å². The van der Waals surface area contributed by atoms with Crippen LogP contribution in [0, 0.1) is 0 Å². The molecule has 1 aliphatic rings. The topological polar surface area (TPSA) is 61.6 Å². The fourth-order valence-corrected chi connectivity index (χ4v) is 2.55. The smallest absolute Gasteiger partial charge is 0.234 e. The molecule has 1 fully saturated rings. The molecular formula is C15H32N4O. The van der Waals surface area contributed by atoms with Crippen molar-refractivity contribution in [1.82, 2.24) is 15.1 Å². The van der Waals surface area contributed by atoms with Gasteiger partial charge >= 0.3 is 0 Å². The molecule has 118 valence electrons. The van der Waals surface area contributed by atoms with Crippen molar-refractivity contribution in [2.24, 2.45) is 5.73 Å². The van der Waals surface area contributed by atoms with Crippen LogP contribution in [0.2, 0.25) is 0 Å². The van der Waals surface area contributed by atoms with Crippen molar-refractivity contribution < 1.29 is 4.79 Å². The van der Waals surface area contributed by atoms with Gasteiger partial charge in [-0.1, -0.05) is 0 Å². The normalized spacial score (nSPS) is 18.8. The zero-order valence-corrected chi connectivity index (χ0v) is 13.5. The Kier molecular flexibility index (Phi) is 7.48. The average molecular weight is 284 g/mol. The number of nitrogens with two attached hydrogens (primary N) is 1. The summed E-state index contributed by atoms with van der Waals surface area (Å²) in [6.45, 7) is 12.7. The van der Waals surface area contributed by atoms with Gasteiger partial charge in [-0.15, -0.1) is 0 Å². The molecule has 20 heavy (non-hydrogen) atoms. The first-order valence-corrected chi connectivity index (χ1v) is 7.86. The fraction of sp³-hybridized carbons (Fsp3) is 0.933. The van der Waals surface area contributed by atoms with E-state index < -0.39 is 0 Å². The molecule has 0 atom stereocenters. The molecule has 3 N–H and O–H groups in total. The number of rotatable bonds is 6. The Balaban J connectivity index is 2.27. The first-order valence-electron chi connectivity index (χ1n) is 7.86. The van der Waals surface area contributed by atoms with E-state index in [2.05, 4.69) is 15.1 Å². The minimum atomic E-state index is -0.142. The monoisotopic (exact) mass is 284 g/mol. The lowest BCUT2D eigenvalue weighted by molar-refractivity contribution is -0.123. The van der Waals surface area contributed by atoms with Gasteiger partial charge in [-0.25, -0.2) is 0 Å². The molecule has 5 heteroatoms. The van der Waals surface area contributed by atoms with E-state index in [0.29, 0.717) is 6.54 Å². The van der Waals surface area contributed by atoms with Crippen molar-refractivity contribution in [3.63, 3.8) is 0 Å². The maximum Gasteiger partial charge on any atom is 0.234 e. The Morgan fingerprint density at radius 3 is 2.40 bits per heavy atom. The number of nitrogens with zero attached hydrogens (tertiary/aromatic N) is 2. The summed E-state index contributed by atoms with van der Waals surface area (Å²) in [5.41, 5.74) is 5.39. The van der Waals surface area contributed by atoms with Gasteiger partial charge in [-0.3, -0.25) is 9.69 Å². The quantitative estimate of drug-likeness (QED) is 0.703. The van der Waals surface area contributed by atoms with Crippen LogP contribution in [0.4, 0.5) is 0 Å². The summed E-state index contributed by atoms with van der Waals surface area (Å²) in [7, 11) is 0. The summed E-state index contributed by atoms with van der Waals surface area (Å²) in [5, 5.41) is 3.03. The summed E-state index contributed by atoms with van der Waals surface area (Å²) < 4.78 is 0. The Hall–Kier alpha value is -0.650. The Morgan fingerprint density at radius 2 is 1.75 bits per heavy atom. The van der Waals surface area contributed by atoms with Crippen LogP contribution in [0.25, 0.3) is 0 Å². The van der Waals surface area contributed by atoms with E-state index in [1.807, 2.05) is 20.8 Å². The Labute approximate surface area is 123 Å². The molecule has 0 aromatic carbocycles. The molecular weight excluding hydrogens is 252 g/mol. The molecule has 0 saturated carbocycles. The lowest BCUT2D eigenvalue weighted by Gasteiger charge is -2.25. The predicted molar refractivity (Wildman–Crippen MR) is 83.7 cm³/mol. The van der Waals surface area contributed by atoms with Crippen molar-refractivity contribution in [2.45, 2.75) is 45.6 Å². The first-order chi connectivity index (χ1) is 9.40. The summed E-state index contributed by atoms with van der Waals surface area (Å²) >= 11 is 0. The van der Waals surface area contributed by atoms with Crippen molar-refractivity contribution in [3.8, 4) is 0 Å². The second-order valence-corrected chi connectivity index (χ2v) is 6.77. The van der Waals surface area contributed by atoms with Crippen LogP contribution >= 0.6 is 0 Å². The van der Waals surface area contributed by atoms with Gasteiger partial charge in [0.1, 0.15) is 0 Å². The van der Waals surface area contributed by atoms with Gasteiger partial charge in [0.2, 0.25) is 5.91 Å². The predicted octanol–water partition coefficient (Wildman–Crippen LogP) is 0.648. The van der Waals surface area contributed by atoms with Crippen molar-refractivity contribution >= 4 is 5.91 Å². The summed E-state index contributed by atoms with van der Waals surface area (Å²) in [5.74, 6) is 0.133. The maximum atomic E-state index is 12.0. The zero-order chi connectivity index (χ0) is 15.0. The molecule has 1 rings (SSSR count). The number of carbonyl (C=O) groups excluding carboxylic acids is 1. The third kappa shape index (κ3) is 7.82. The highest BCUT2D eigenvalue weighted by Crippen LogP contribution is 2.05. The molecule has 1 heterocycles. The molecule has 0 aliphatic carbocycles. The van der Waals surface area contributed by atoms with Crippen LogP contribution in [-0.4, -0.2) is 67.1 Å². The minimum absolute atomic E-state index is 0.133. The first kappa shape index (κ1) is 17.4. The summed E-state index contributed by atoms with van der Waals surface area (Å²) in [4.78, 5) is 16.7. The van der Waals surface area contributed by atoms with E-state index in [9.17, 15) is 4.79 Å². The molecule has 1 saturated heterocycles. The van der Waals surface area contributed by atoms with Gasteiger partial charge in [0.15, 0.2) is 0 Å². The SMILES string of the molecule is CC(C)(C)NC(=O)CN1CCCN(CCCCN)CC1. The Bertz CT molecular complexity index is 288. The lowest BCUT2D eigenvalue weighted by Crippen LogP contribution is -2.46. The maximum absolute atomic E-state index is 12.0. The number of hydrogen-bond acceptors (Lipinski definition) is 4. The van der Waals surface area contributed by atoms with Crippen molar-refractivity contribution in [3.05, 3.63) is 0 Å². The van der Waals surface area contributed by atoms with E-state index in [4.69, 9.17) is 5.73 Å². The van der Waals surface area contributed by atoms with Crippen LogP contribution in [0.1, 0.15) is 40.0 Å². The lowest BCUT2D eigenvalue weighted by atomic mass is 10.1. The van der Waals surface area contributed by atoms with Gasteiger partial charge < -0.3 is 16.0 Å². The van der Waals surface area contributed by atoms with E-state index in [-0.39, 0.29) is 11.4 Å². The molecule has 1 amide bonds. The van der Waals surface area contributed by atoms with Gasteiger partial charge in [0.25, 0.3) is 0 Å². The highest BCUT2D eigenvalue weighted by atomic mass is 16.2. The van der Waals surface area contributed by atoms with Crippen molar-refractivity contribution in [2.75, 3.05) is 45.8 Å². The highest BCUT2D eigenvalue weighted by Gasteiger charge is 2.19. The van der Waals surface area contributed by atoms with E-state index >= 15 is 0 Å². The summed E-state index contributed by atoms with van der Waals surface area (Å²) in [6.07, 6.45) is 3.43. The Morgan fingerprint density at radius 1 is 1.10 bits per heavy atom. The molecule has 0 aromatic rings. The fourth-order valence-electron chi connectivity index (χ4n) is 2.55. The second kappa shape index (κ2) is 8.60. The number of unbranched alkanes of at least 4 members (excludes halogenated alkanes) is 1. The number of amides is 1. The van der Waals surface area contributed by atoms with Gasteiger partial charge in [-0.05, 0) is 66.2 Å². The van der Waals surface area contributed by atoms with Gasteiger partial charge in [0.05, 0.1) is 6.54 Å². The van der Waals surface area contributed by atoms with Gasteiger partial charge in [-0.2, -0.15) is 0 Å². The van der Waals surface area contributed by atoms with E-state index in [1.54, 1.807) is 0 Å². The molecule has 0 unspecified atom stereocenters. The molecule has 0 bridgehead atoms. The number of nitrogens with one attached hydrogen (secondary N) is 1. The molecule has 1 aliphatic heterocycles. The third-order valence-electron chi connectivity index (χ3n) is 3.49. The molecule has 0 spiro atoms. The zero-order valence-electron chi connectivity index (χ0n) is 13.5. The minimum Gasteiger partial charge on any atom is -0.350 e. The van der Waals surface area contributed by atoms with Crippen LogP contribution in [0.3, 0.4) is 0 Å². The average Bonchev–Trinajstić information content (AvgIpc) is 2.53.